The first-order chi connectivity index (χ1) is 16.4. The fraction of sp³-hybridized carbons (Fsp3) is 0.185. The summed E-state index contributed by atoms with van der Waals surface area (Å²) >= 11 is 0. The number of hydrogen-bond acceptors (Lipinski definition) is 3. The summed E-state index contributed by atoms with van der Waals surface area (Å²) in [5.41, 5.74) is 0.932. The van der Waals surface area contributed by atoms with Crippen LogP contribution in [0.3, 0.4) is 0 Å². The first-order valence-corrected chi connectivity index (χ1v) is 10.9. The van der Waals surface area contributed by atoms with Gasteiger partial charge in [0.25, 0.3) is 0 Å². The molecule has 0 atom stereocenters. The van der Waals surface area contributed by atoms with E-state index in [1.54, 1.807) is 35.0 Å². The molecular weight excluding hydrogens is 455 g/mol. The van der Waals surface area contributed by atoms with E-state index in [1.165, 1.54) is 39.0 Å². The van der Waals surface area contributed by atoms with E-state index >= 15 is 0 Å². The highest BCUT2D eigenvalue weighted by atomic mass is 19.4. The van der Waals surface area contributed by atoms with Crippen LogP contribution >= 0.6 is 0 Å². The van der Waals surface area contributed by atoms with Gasteiger partial charge in [-0.05, 0) is 55.3 Å². The maximum absolute atomic E-state index is 13.8. The molecule has 0 unspecified atom stereocenters. The number of carbonyl (C=O) groups is 1. The molecule has 0 radical (unpaired) electrons. The van der Waals surface area contributed by atoms with Gasteiger partial charge in [-0.15, -0.1) is 0 Å². The molecule has 4 aromatic rings. The molecule has 8 heteroatoms. The molecule has 0 aliphatic heterocycles. The van der Waals surface area contributed by atoms with Crippen molar-refractivity contribution in [3.05, 3.63) is 90.3 Å². The maximum atomic E-state index is 13.8. The van der Waals surface area contributed by atoms with E-state index in [0.717, 1.165) is 17.2 Å². The van der Waals surface area contributed by atoms with Gasteiger partial charge in [0.1, 0.15) is 11.4 Å². The Morgan fingerprint density at radius 1 is 0.943 bits per heavy atom. The van der Waals surface area contributed by atoms with Crippen LogP contribution in [0.15, 0.2) is 79.0 Å². The zero-order valence-electron chi connectivity index (χ0n) is 19.4. The molecule has 4 rings (SSSR count). The number of alkyl halides is 3. The number of imidazole rings is 1. The van der Waals surface area contributed by atoms with Crippen LogP contribution in [0.25, 0.3) is 28.2 Å². The van der Waals surface area contributed by atoms with E-state index < -0.39 is 17.3 Å². The monoisotopic (exact) mass is 479 g/mol. The average Bonchev–Trinajstić information content (AvgIpc) is 3.25. The predicted molar refractivity (Wildman–Crippen MR) is 129 cm³/mol. The molecule has 35 heavy (non-hydrogen) atoms. The van der Waals surface area contributed by atoms with Gasteiger partial charge in [0, 0.05) is 30.1 Å². The van der Waals surface area contributed by atoms with Crippen molar-refractivity contribution < 1.29 is 23.1 Å². The molecule has 0 spiro atoms. The van der Waals surface area contributed by atoms with Crippen LogP contribution in [0.5, 0.6) is 0 Å². The van der Waals surface area contributed by atoms with Crippen molar-refractivity contribution in [2.24, 2.45) is 0 Å². The number of halogens is 3. The summed E-state index contributed by atoms with van der Waals surface area (Å²) in [6, 6.07) is 19.8. The van der Waals surface area contributed by atoms with Gasteiger partial charge in [-0.25, -0.2) is 4.98 Å². The molecule has 0 aliphatic rings. The van der Waals surface area contributed by atoms with E-state index in [1.807, 2.05) is 24.3 Å². The summed E-state index contributed by atoms with van der Waals surface area (Å²) in [5, 5.41) is 13.3. The minimum atomic E-state index is -4.57. The van der Waals surface area contributed by atoms with Crippen LogP contribution < -0.4 is 5.32 Å². The summed E-state index contributed by atoms with van der Waals surface area (Å²) in [7, 11) is 0. The lowest BCUT2D eigenvalue weighted by molar-refractivity contribution is -0.137. The number of rotatable bonds is 5. The van der Waals surface area contributed by atoms with Gasteiger partial charge in [-0.1, -0.05) is 42.5 Å². The van der Waals surface area contributed by atoms with Gasteiger partial charge < -0.3 is 10.4 Å². The van der Waals surface area contributed by atoms with E-state index in [4.69, 9.17) is 0 Å². The molecule has 0 fully saturated rings. The molecule has 0 saturated heterocycles. The maximum Gasteiger partial charge on any atom is 0.417 e. The molecule has 0 aliphatic carbocycles. The molecule has 1 heterocycles. The Kier molecular flexibility index (Phi) is 6.25. The molecule has 1 aromatic heterocycles. The van der Waals surface area contributed by atoms with Gasteiger partial charge in [-0.3, -0.25) is 9.36 Å². The van der Waals surface area contributed by atoms with Crippen LogP contribution in [-0.2, 0) is 16.6 Å². The Morgan fingerprint density at radius 3 is 2.26 bits per heavy atom. The molecule has 3 aromatic carbocycles. The van der Waals surface area contributed by atoms with Crippen molar-refractivity contribution in [3.8, 4) is 28.2 Å². The normalized spacial score (nSPS) is 12.0. The fourth-order valence-corrected chi connectivity index (χ4v) is 3.77. The van der Waals surface area contributed by atoms with E-state index in [2.05, 4.69) is 10.3 Å². The summed E-state index contributed by atoms with van der Waals surface area (Å²) in [5.74, 6) is -0.0951. The van der Waals surface area contributed by atoms with Crippen LogP contribution in [-0.4, -0.2) is 20.6 Å². The minimum Gasteiger partial charge on any atom is -0.384 e. The number of aromatic nitrogens is 2. The van der Waals surface area contributed by atoms with E-state index in [-0.39, 0.29) is 23.0 Å². The van der Waals surface area contributed by atoms with Gasteiger partial charge >= 0.3 is 6.18 Å². The Balaban J connectivity index is 1.84. The third-order valence-corrected chi connectivity index (χ3v) is 5.47. The number of carbonyl (C=O) groups excluding carboxylic acids is 1. The predicted octanol–water partition coefficient (Wildman–Crippen LogP) is 6.41. The van der Waals surface area contributed by atoms with Gasteiger partial charge in [0.2, 0.25) is 5.91 Å². The van der Waals surface area contributed by atoms with E-state index in [0.29, 0.717) is 11.4 Å². The Labute approximate surface area is 200 Å². The summed E-state index contributed by atoms with van der Waals surface area (Å²) in [6.45, 7) is 4.50. The zero-order chi connectivity index (χ0) is 25.4. The van der Waals surface area contributed by atoms with E-state index in [9.17, 15) is 23.1 Å². The van der Waals surface area contributed by atoms with Crippen LogP contribution in [0.1, 0.15) is 32.0 Å². The molecule has 2 N–H and O–H groups in total. The lowest BCUT2D eigenvalue weighted by atomic mass is 10.0. The standard InChI is InChI=1S/C27H24F3N3O2/c1-17(34)31-20-13-11-18(12-14-20)19-7-6-8-21(15-19)33-16-24(26(2,3)35)32-25(33)22-9-4-5-10-23(22)27(28,29)30/h4-16,35H,1-3H3,(H,31,34). The first kappa shape index (κ1) is 24.2. The Bertz CT molecular complexity index is 1370. The molecule has 1 amide bonds. The number of aliphatic hydroxyl groups is 1. The number of nitrogens with zero attached hydrogens (tertiary/aromatic N) is 2. The highest BCUT2D eigenvalue weighted by Gasteiger charge is 2.35. The average molecular weight is 480 g/mol. The number of anilines is 1. The highest BCUT2D eigenvalue weighted by molar-refractivity contribution is 5.89. The topological polar surface area (TPSA) is 67.2 Å². The summed E-state index contributed by atoms with van der Waals surface area (Å²) in [6.07, 6.45) is -3.01. The SMILES string of the molecule is CC(=O)Nc1ccc(-c2cccc(-n3cc(C(C)(C)O)nc3-c3ccccc3C(F)(F)F)c2)cc1. The van der Waals surface area contributed by atoms with Crippen molar-refractivity contribution >= 4 is 11.6 Å². The fourth-order valence-electron chi connectivity index (χ4n) is 3.77. The third kappa shape index (κ3) is 5.27. The Morgan fingerprint density at radius 2 is 1.63 bits per heavy atom. The first-order valence-electron chi connectivity index (χ1n) is 10.9. The van der Waals surface area contributed by atoms with Crippen molar-refractivity contribution in [1.29, 1.82) is 0 Å². The van der Waals surface area contributed by atoms with Crippen molar-refractivity contribution in [3.63, 3.8) is 0 Å². The molecule has 5 nitrogen and oxygen atoms in total. The zero-order valence-corrected chi connectivity index (χ0v) is 19.4. The molecular formula is C27H24F3N3O2. The second-order valence-corrected chi connectivity index (χ2v) is 8.73. The second kappa shape index (κ2) is 9.03. The number of hydrogen-bond donors (Lipinski definition) is 2. The minimum absolute atomic E-state index is 0.0770. The molecule has 180 valence electrons. The second-order valence-electron chi connectivity index (χ2n) is 8.73. The third-order valence-electron chi connectivity index (χ3n) is 5.47. The lowest BCUT2D eigenvalue weighted by Crippen LogP contribution is -2.15. The van der Waals surface area contributed by atoms with Gasteiger partial charge in [0.05, 0.1) is 11.3 Å². The number of nitrogens with one attached hydrogen (secondary N) is 1. The summed E-state index contributed by atoms with van der Waals surface area (Å²) in [4.78, 5) is 15.7. The largest absolute Gasteiger partial charge is 0.417 e. The summed E-state index contributed by atoms with van der Waals surface area (Å²) < 4.78 is 42.9. The smallest absolute Gasteiger partial charge is 0.384 e. The lowest BCUT2D eigenvalue weighted by Gasteiger charge is -2.15. The van der Waals surface area contributed by atoms with Crippen molar-refractivity contribution in [2.45, 2.75) is 32.5 Å². The molecule has 0 bridgehead atoms. The highest BCUT2D eigenvalue weighted by Crippen LogP contribution is 2.38. The molecule has 0 saturated carbocycles. The number of amides is 1. The van der Waals surface area contributed by atoms with Crippen LogP contribution in [0.4, 0.5) is 18.9 Å². The van der Waals surface area contributed by atoms with Crippen LogP contribution in [0.2, 0.25) is 0 Å². The quantitative estimate of drug-likeness (QED) is 0.348. The van der Waals surface area contributed by atoms with Crippen molar-refractivity contribution in [2.75, 3.05) is 5.32 Å². The van der Waals surface area contributed by atoms with Gasteiger partial charge in [0.15, 0.2) is 0 Å². The number of benzene rings is 3. The van der Waals surface area contributed by atoms with Crippen molar-refractivity contribution in [1.82, 2.24) is 9.55 Å². The Hall–Kier alpha value is -3.91. The van der Waals surface area contributed by atoms with Crippen LogP contribution in [0, 0.1) is 0 Å². The van der Waals surface area contributed by atoms with Gasteiger partial charge in [-0.2, -0.15) is 13.2 Å².